The van der Waals surface area contributed by atoms with E-state index in [0.717, 1.165) is 0 Å². The maximum atomic E-state index is 14.3. The van der Waals surface area contributed by atoms with Gasteiger partial charge in [-0.1, -0.05) is 35.9 Å². The van der Waals surface area contributed by atoms with Gasteiger partial charge in [-0.3, -0.25) is 20.3 Å². The Hall–Kier alpha value is -4.02. The number of rotatable bonds is 6. The Balaban J connectivity index is 1.51. The molecule has 0 spiro atoms. The van der Waals surface area contributed by atoms with Crippen molar-refractivity contribution in [3.05, 3.63) is 89.2 Å². The summed E-state index contributed by atoms with van der Waals surface area (Å²) in [5, 5.41) is 15.9. The number of hydrogen-bond donors (Lipinski definition) is 3. The van der Waals surface area contributed by atoms with Crippen molar-refractivity contribution in [3.63, 3.8) is 0 Å². The smallest absolute Gasteiger partial charge is 0.425 e. The highest BCUT2D eigenvalue weighted by Gasteiger charge is 2.61. The van der Waals surface area contributed by atoms with E-state index in [1.807, 2.05) is 0 Å². The van der Waals surface area contributed by atoms with Gasteiger partial charge in [0.25, 0.3) is 5.91 Å². The second kappa shape index (κ2) is 9.38. The standard InChI is InChI=1S/C27H22ClF3N4O3/c1-15(25(36)34-33-18-9-7-17(28)8-10-18)35-14-16(13-32-35)21-11-19(38-2)12-23-24(21)20-5-3-4-6-22(20)26(23,37)27(29,30)31/h3-15,33,37H,1-2H3,(H,34,36). The Labute approximate surface area is 220 Å². The van der Waals surface area contributed by atoms with Gasteiger partial charge in [0.2, 0.25) is 5.60 Å². The number of amides is 1. The van der Waals surface area contributed by atoms with Crippen LogP contribution in [0.3, 0.4) is 0 Å². The minimum Gasteiger partial charge on any atom is -0.497 e. The lowest BCUT2D eigenvalue weighted by atomic mass is 9.89. The molecule has 1 heterocycles. The van der Waals surface area contributed by atoms with Crippen molar-refractivity contribution in [1.82, 2.24) is 15.2 Å². The zero-order valence-corrected chi connectivity index (χ0v) is 20.9. The van der Waals surface area contributed by atoms with Crippen molar-refractivity contribution in [2.24, 2.45) is 0 Å². The van der Waals surface area contributed by atoms with Crippen LogP contribution in [-0.2, 0) is 10.4 Å². The number of halogens is 4. The molecule has 11 heteroatoms. The molecule has 3 aromatic carbocycles. The first-order chi connectivity index (χ1) is 18.0. The molecule has 5 rings (SSSR count). The fraction of sp³-hybridized carbons (Fsp3) is 0.185. The third-order valence-corrected chi connectivity index (χ3v) is 6.85. The number of nitrogens with zero attached hydrogens (tertiary/aromatic N) is 2. The zero-order valence-electron chi connectivity index (χ0n) is 20.2. The molecular formula is C27H22ClF3N4O3. The first-order valence-electron chi connectivity index (χ1n) is 11.5. The zero-order chi connectivity index (χ0) is 27.2. The molecule has 0 aliphatic heterocycles. The number of hydrazine groups is 1. The number of aliphatic hydroxyl groups is 1. The summed E-state index contributed by atoms with van der Waals surface area (Å²) in [7, 11) is 1.34. The number of anilines is 1. The van der Waals surface area contributed by atoms with Crippen molar-refractivity contribution in [2.45, 2.75) is 24.7 Å². The Bertz CT molecular complexity index is 1520. The maximum absolute atomic E-state index is 14.3. The molecule has 0 fully saturated rings. The van der Waals surface area contributed by atoms with Crippen LogP contribution in [0.2, 0.25) is 5.02 Å². The average molecular weight is 543 g/mol. The van der Waals surface area contributed by atoms with E-state index in [0.29, 0.717) is 21.8 Å². The van der Waals surface area contributed by atoms with Crippen LogP contribution < -0.4 is 15.6 Å². The van der Waals surface area contributed by atoms with E-state index < -0.39 is 23.7 Å². The minimum atomic E-state index is -4.98. The molecule has 1 aliphatic carbocycles. The largest absolute Gasteiger partial charge is 0.497 e. The van der Waals surface area contributed by atoms with E-state index >= 15 is 0 Å². The second-order valence-corrected chi connectivity index (χ2v) is 9.29. The number of aromatic nitrogens is 2. The van der Waals surface area contributed by atoms with Gasteiger partial charge < -0.3 is 9.84 Å². The van der Waals surface area contributed by atoms with Gasteiger partial charge in [0.15, 0.2) is 0 Å². The SMILES string of the molecule is COc1cc(-c2cnn(C(C)C(=O)NNc3ccc(Cl)cc3)c2)c2c(c1)C(O)(C(F)(F)F)c1ccccc1-2. The molecule has 1 amide bonds. The summed E-state index contributed by atoms with van der Waals surface area (Å²) < 4.78 is 49.7. The number of nitrogens with one attached hydrogen (secondary N) is 2. The summed E-state index contributed by atoms with van der Waals surface area (Å²) in [6.45, 7) is 1.63. The number of ether oxygens (including phenoxy) is 1. The van der Waals surface area contributed by atoms with Gasteiger partial charge in [-0.25, -0.2) is 0 Å². The number of carbonyl (C=O) groups excluding carboxylic acids is 1. The van der Waals surface area contributed by atoms with Gasteiger partial charge in [-0.05, 0) is 60.0 Å². The van der Waals surface area contributed by atoms with Gasteiger partial charge in [0.1, 0.15) is 11.8 Å². The van der Waals surface area contributed by atoms with Crippen LogP contribution in [-0.4, -0.2) is 34.1 Å². The number of alkyl halides is 3. The third kappa shape index (κ3) is 4.15. The lowest BCUT2D eigenvalue weighted by Gasteiger charge is -2.28. The molecule has 0 bridgehead atoms. The van der Waals surface area contributed by atoms with Crippen molar-refractivity contribution in [3.8, 4) is 28.0 Å². The van der Waals surface area contributed by atoms with E-state index in [4.69, 9.17) is 16.3 Å². The topological polar surface area (TPSA) is 88.4 Å². The highest BCUT2D eigenvalue weighted by molar-refractivity contribution is 6.30. The molecule has 2 atom stereocenters. The molecule has 0 radical (unpaired) electrons. The lowest BCUT2D eigenvalue weighted by Crippen LogP contribution is -2.41. The monoisotopic (exact) mass is 542 g/mol. The minimum absolute atomic E-state index is 0.139. The second-order valence-electron chi connectivity index (χ2n) is 8.86. The summed E-state index contributed by atoms with van der Waals surface area (Å²) >= 11 is 5.87. The molecule has 0 saturated carbocycles. The van der Waals surface area contributed by atoms with Gasteiger partial charge in [0, 0.05) is 27.9 Å². The lowest BCUT2D eigenvalue weighted by molar-refractivity contribution is -0.246. The van der Waals surface area contributed by atoms with Gasteiger partial charge >= 0.3 is 6.18 Å². The molecule has 38 heavy (non-hydrogen) atoms. The molecule has 4 aromatic rings. The predicted molar refractivity (Wildman–Crippen MR) is 137 cm³/mol. The molecule has 3 N–H and O–H groups in total. The van der Waals surface area contributed by atoms with Crippen LogP contribution in [0, 0.1) is 0 Å². The Morgan fingerprint density at radius 2 is 1.82 bits per heavy atom. The number of carbonyl (C=O) groups is 1. The fourth-order valence-electron chi connectivity index (χ4n) is 4.58. The number of hydrogen-bond acceptors (Lipinski definition) is 5. The highest BCUT2D eigenvalue weighted by atomic mass is 35.5. The summed E-state index contributed by atoms with van der Waals surface area (Å²) in [4.78, 5) is 12.7. The molecule has 2 unspecified atom stereocenters. The van der Waals surface area contributed by atoms with Crippen molar-refractivity contribution >= 4 is 23.2 Å². The first-order valence-corrected chi connectivity index (χ1v) is 11.9. The van der Waals surface area contributed by atoms with Crippen LogP contribution in [0.4, 0.5) is 18.9 Å². The van der Waals surface area contributed by atoms with E-state index in [1.165, 1.54) is 42.3 Å². The third-order valence-electron chi connectivity index (χ3n) is 6.60. The molecular weight excluding hydrogens is 521 g/mol. The molecule has 7 nitrogen and oxygen atoms in total. The highest BCUT2D eigenvalue weighted by Crippen LogP contribution is 2.58. The van der Waals surface area contributed by atoms with Crippen molar-refractivity contribution < 1.29 is 27.8 Å². The van der Waals surface area contributed by atoms with E-state index in [2.05, 4.69) is 16.0 Å². The van der Waals surface area contributed by atoms with Crippen molar-refractivity contribution in [2.75, 3.05) is 12.5 Å². The predicted octanol–water partition coefficient (Wildman–Crippen LogP) is 5.70. The van der Waals surface area contributed by atoms with Crippen molar-refractivity contribution in [1.29, 1.82) is 0 Å². The Morgan fingerprint density at radius 1 is 1.11 bits per heavy atom. The first kappa shape index (κ1) is 25.6. The van der Waals surface area contributed by atoms with Crippen LogP contribution >= 0.6 is 11.6 Å². The summed E-state index contributed by atoms with van der Waals surface area (Å²) in [5.41, 5.74) is 3.53. The van der Waals surface area contributed by atoms with Crippen LogP contribution in [0.15, 0.2) is 73.1 Å². The van der Waals surface area contributed by atoms with Gasteiger partial charge in [0.05, 0.1) is 19.0 Å². The summed E-state index contributed by atoms with van der Waals surface area (Å²) in [6.07, 6.45) is -1.96. The normalized spacial score (nSPS) is 16.9. The quantitative estimate of drug-likeness (QED) is 0.272. The van der Waals surface area contributed by atoms with E-state index in [9.17, 15) is 23.1 Å². The van der Waals surface area contributed by atoms with E-state index in [-0.39, 0.29) is 28.0 Å². The molecule has 0 saturated heterocycles. The van der Waals surface area contributed by atoms with E-state index in [1.54, 1.807) is 49.5 Å². The van der Waals surface area contributed by atoms with Gasteiger partial charge in [-0.2, -0.15) is 18.3 Å². The number of benzene rings is 3. The molecule has 196 valence electrons. The molecule has 1 aliphatic rings. The van der Waals surface area contributed by atoms with Crippen LogP contribution in [0.25, 0.3) is 22.3 Å². The number of methoxy groups -OCH3 is 1. The summed E-state index contributed by atoms with van der Waals surface area (Å²) in [5.74, 6) is -0.262. The Kier molecular flexibility index (Phi) is 6.32. The van der Waals surface area contributed by atoms with Crippen LogP contribution in [0.5, 0.6) is 5.75 Å². The number of fused-ring (bicyclic) bond motifs is 3. The summed E-state index contributed by atoms with van der Waals surface area (Å²) in [6, 6.07) is 14.6. The van der Waals surface area contributed by atoms with Gasteiger partial charge in [-0.15, -0.1) is 0 Å². The Morgan fingerprint density at radius 3 is 2.50 bits per heavy atom. The fourth-order valence-corrected chi connectivity index (χ4v) is 4.71. The maximum Gasteiger partial charge on any atom is 0.425 e. The molecule has 1 aromatic heterocycles. The van der Waals surface area contributed by atoms with Crippen LogP contribution in [0.1, 0.15) is 24.1 Å². The average Bonchev–Trinajstić information content (AvgIpc) is 3.50.